The van der Waals surface area contributed by atoms with Gasteiger partial charge in [0.1, 0.15) is 0 Å². The van der Waals surface area contributed by atoms with Gasteiger partial charge in [-0.15, -0.1) is 11.6 Å². The Bertz CT molecular complexity index is 507. The molecular weight excluding hydrogens is 342 g/mol. The summed E-state index contributed by atoms with van der Waals surface area (Å²) in [6, 6.07) is 4.91. The molecule has 1 unspecified atom stereocenters. The number of sulfonamides is 1. The first-order chi connectivity index (χ1) is 8.40. The van der Waals surface area contributed by atoms with Crippen LogP contribution >= 0.6 is 27.5 Å². The topological polar surface area (TPSA) is 55.4 Å². The minimum Gasteiger partial charge on any atom is -0.380 e. The molecular formula is C11H15BrClNO3S. The summed E-state index contributed by atoms with van der Waals surface area (Å²) in [5.41, 5.74) is 0.854. The lowest BCUT2D eigenvalue weighted by atomic mass is 10.2. The molecule has 7 heteroatoms. The molecule has 0 aliphatic carbocycles. The molecule has 1 aromatic rings. The number of halogens is 2. The molecule has 0 saturated carbocycles. The highest BCUT2D eigenvalue weighted by molar-refractivity contribution is 9.10. The SMILES string of the molecule is COC(C)CNS(=O)(=O)c1ccc(CCl)cc1Br. The lowest BCUT2D eigenvalue weighted by Gasteiger charge is -2.12. The Balaban J connectivity index is 2.91. The van der Waals surface area contributed by atoms with Crippen molar-refractivity contribution in [1.82, 2.24) is 4.72 Å². The number of nitrogens with one attached hydrogen (secondary N) is 1. The molecule has 0 heterocycles. The van der Waals surface area contributed by atoms with Crippen LogP contribution in [0.3, 0.4) is 0 Å². The van der Waals surface area contributed by atoms with E-state index in [1.54, 1.807) is 19.1 Å². The maximum absolute atomic E-state index is 12.0. The second kappa shape index (κ2) is 6.86. The average molecular weight is 357 g/mol. The van der Waals surface area contributed by atoms with Crippen molar-refractivity contribution in [3.63, 3.8) is 0 Å². The van der Waals surface area contributed by atoms with E-state index in [0.717, 1.165) is 5.56 Å². The van der Waals surface area contributed by atoms with Gasteiger partial charge in [-0.1, -0.05) is 6.07 Å². The van der Waals surface area contributed by atoms with Crippen LogP contribution in [0, 0.1) is 0 Å². The van der Waals surface area contributed by atoms with Crippen LogP contribution in [-0.2, 0) is 20.6 Å². The van der Waals surface area contributed by atoms with Crippen LogP contribution in [0.25, 0.3) is 0 Å². The molecule has 0 aliphatic rings. The molecule has 1 aromatic carbocycles. The fourth-order valence-electron chi connectivity index (χ4n) is 1.23. The minimum absolute atomic E-state index is 0.180. The monoisotopic (exact) mass is 355 g/mol. The summed E-state index contributed by atoms with van der Waals surface area (Å²) in [4.78, 5) is 0.194. The summed E-state index contributed by atoms with van der Waals surface area (Å²) < 4.78 is 32.1. The Hall–Kier alpha value is -0.140. The number of ether oxygens (including phenoxy) is 1. The van der Waals surface area contributed by atoms with Gasteiger partial charge in [-0.25, -0.2) is 13.1 Å². The van der Waals surface area contributed by atoms with E-state index in [-0.39, 0.29) is 17.5 Å². The molecule has 18 heavy (non-hydrogen) atoms. The van der Waals surface area contributed by atoms with Crippen molar-refractivity contribution in [3.8, 4) is 0 Å². The smallest absolute Gasteiger partial charge is 0.241 e. The van der Waals surface area contributed by atoms with Gasteiger partial charge >= 0.3 is 0 Å². The van der Waals surface area contributed by atoms with Crippen LogP contribution in [0.2, 0.25) is 0 Å². The highest BCUT2D eigenvalue weighted by Gasteiger charge is 2.18. The van der Waals surface area contributed by atoms with Gasteiger partial charge in [0.25, 0.3) is 0 Å². The summed E-state index contributed by atoms with van der Waals surface area (Å²) in [6.07, 6.45) is -0.180. The van der Waals surface area contributed by atoms with Crippen molar-refractivity contribution in [1.29, 1.82) is 0 Å². The highest BCUT2D eigenvalue weighted by Crippen LogP contribution is 2.23. The second-order valence-corrected chi connectivity index (χ2v) is 6.65. The maximum atomic E-state index is 12.0. The Kier molecular flexibility index (Phi) is 6.07. The van der Waals surface area contributed by atoms with E-state index in [0.29, 0.717) is 10.4 Å². The summed E-state index contributed by atoms with van der Waals surface area (Å²) in [5, 5.41) is 0. The van der Waals surface area contributed by atoms with E-state index in [1.807, 2.05) is 0 Å². The Morgan fingerprint density at radius 1 is 1.50 bits per heavy atom. The van der Waals surface area contributed by atoms with Crippen LogP contribution in [0.4, 0.5) is 0 Å². The van der Waals surface area contributed by atoms with Crippen LogP contribution in [0.5, 0.6) is 0 Å². The first-order valence-electron chi connectivity index (χ1n) is 5.27. The van der Waals surface area contributed by atoms with Gasteiger partial charge in [0.15, 0.2) is 0 Å². The molecule has 0 aliphatic heterocycles. The molecule has 0 bridgehead atoms. The Morgan fingerprint density at radius 2 is 2.17 bits per heavy atom. The van der Waals surface area contributed by atoms with E-state index >= 15 is 0 Å². The zero-order valence-corrected chi connectivity index (χ0v) is 13.3. The lowest BCUT2D eigenvalue weighted by molar-refractivity contribution is 0.122. The fourth-order valence-corrected chi connectivity index (χ4v) is 3.64. The van der Waals surface area contributed by atoms with E-state index in [9.17, 15) is 8.42 Å². The van der Waals surface area contributed by atoms with Gasteiger partial charge in [0, 0.05) is 24.0 Å². The molecule has 0 saturated heterocycles. The molecule has 0 spiro atoms. The van der Waals surface area contributed by atoms with Gasteiger partial charge in [-0.2, -0.15) is 0 Å². The van der Waals surface area contributed by atoms with E-state index in [4.69, 9.17) is 16.3 Å². The second-order valence-electron chi connectivity index (χ2n) is 3.80. The van der Waals surface area contributed by atoms with Crippen molar-refractivity contribution in [2.45, 2.75) is 23.8 Å². The molecule has 0 aromatic heterocycles. The normalized spacial score (nSPS) is 13.6. The van der Waals surface area contributed by atoms with Gasteiger partial charge in [-0.05, 0) is 40.5 Å². The van der Waals surface area contributed by atoms with Gasteiger partial charge in [0.05, 0.1) is 11.0 Å². The lowest BCUT2D eigenvalue weighted by Crippen LogP contribution is -2.31. The number of hydrogen-bond donors (Lipinski definition) is 1. The van der Waals surface area contributed by atoms with Crippen molar-refractivity contribution in [2.75, 3.05) is 13.7 Å². The van der Waals surface area contributed by atoms with Gasteiger partial charge < -0.3 is 4.74 Å². The number of methoxy groups -OCH3 is 1. The zero-order valence-electron chi connectivity index (χ0n) is 10.1. The van der Waals surface area contributed by atoms with Crippen molar-refractivity contribution >= 4 is 37.6 Å². The van der Waals surface area contributed by atoms with Crippen molar-refractivity contribution in [2.24, 2.45) is 0 Å². The van der Waals surface area contributed by atoms with Crippen LogP contribution < -0.4 is 4.72 Å². The fraction of sp³-hybridized carbons (Fsp3) is 0.455. The third kappa shape index (κ3) is 4.20. The number of benzene rings is 1. The standard InChI is InChI=1S/C11H15BrClNO3S/c1-8(17-2)7-14-18(15,16)11-4-3-9(6-13)5-10(11)12/h3-5,8,14H,6-7H2,1-2H3. The first-order valence-corrected chi connectivity index (χ1v) is 8.08. The molecule has 4 nitrogen and oxygen atoms in total. The predicted octanol–water partition coefficient (Wildman–Crippen LogP) is 2.50. The summed E-state index contributed by atoms with van der Waals surface area (Å²) >= 11 is 8.92. The summed E-state index contributed by atoms with van der Waals surface area (Å²) in [5.74, 6) is 0.340. The van der Waals surface area contributed by atoms with Crippen LogP contribution in [0.15, 0.2) is 27.6 Å². The average Bonchev–Trinajstić information content (AvgIpc) is 2.35. The zero-order chi connectivity index (χ0) is 13.8. The van der Waals surface area contributed by atoms with Gasteiger partial charge in [0.2, 0.25) is 10.0 Å². The molecule has 1 N–H and O–H groups in total. The third-order valence-electron chi connectivity index (χ3n) is 2.40. The maximum Gasteiger partial charge on any atom is 0.241 e. The predicted molar refractivity (Wildman–Crippen MR) is 75.4 cm³/mol. The van der Waals surface area contributed by atoms with Crippen LogP contribution in [0.1, 0.15) is 12.5 Å². The number of rotatable bonds is 6. The molecule has 0 amide bonds. The van der Waals surface area contributed by atoms with E-state index in [2.05, 4.69) is 20.7 Å². The first kappa shape index (κ1) is 15.9. The quantitative estimate of drug-likeness (QED) is 0.797. The molecule has 1 atom stereocenters. The Labute approximate surface area is 121 Å². The van der Waals surface area contributed by atoms with Crippen molar-refractivity contribution in [3.05, 3.63) is 28.2 Å². The molecule has 1 rings (SSSR count). The summed E-state index contributed by atoms with van der Waals surface area (Å²) in [7, 11) is -2.01. The number of hydrogen-bond acceptors (Lipinski definition) is 3. The van der Waals surface area contributed by atoms with Crippen molar-refractivity contribution < 1.29 is 13.2 Å². The highest BCUT2D eigenvalue weighted by atomic mass is 79.9. The Morgan fingerprint density at radius 3 is 2.67 bits per heavy atom. The van der Waals surface area contributed by atoms with Crippen LogP contribution in [-0.4, -0.2) is 28.2 Å². The van der Waals surface area contributed by atoms with E-state index in [1.165, 1.54) is 13.2 Å². The largest absolute Gasteiger partial charge is 0.380 e. The molecule has 0 fully saturated rings. The minimum atomic E-state index is -3.54. The third-order valence-corrected chi connectivity index (χ3v) is 5.11. The van der Waals surface area contributed by atoms with Gasteiger partial charge in [-0.3, -0.25) is 0 Å². The summed E-state index contributed by atoms with van der Waals surface area (Å²) in [6.45, 7) is 2.01. The molecule has 0 radical (unpaired) electrons. The number of alkyl halides is 1. The molecule has 102 valence electrons. The van der Waals surface area contributed by atoms with E-state index < -0.39 is 10.0 Å².